The van der Waals surface area contributed by atoms with Crippen molar-refractivity contribution in [2.45, 2.75) is 6.92 Å². The van der Waals surface area contributed by atoms with Gasteiger partial charge in [0.15, 0.2) is 0 Å². The molecule has 0 heterocycles. The second-order valence-corrected chi connectivity index (χ2v) is 8.12. The van der Waals surface area contributed by atoms with Crippen molar-refractivity contribution >= 4 is 88.1 Å². The van der Waals surface area contributed by atoms with Gasteiger partial charge in [-0.05, 0) is 62.4 Å². The molecule has 0 spiro atoms. The van der Waals surface area contributed by atoms with Crippen LogP contribution in [0.3, 0.4) is 0 Å². The van der Waals surface area contributed by atoms with E-state index < -0.39 is 0 Å². The summed E-state index contributed by atoms with van der Waals surface area (Å²) in [4.78, 5) is 0. The third-order valence-corrected chi connectivity index (χ3v) is 6.34. The van der Waals surface area contributed by atoms with E-state index in [2.05, 4.69) is 67.6 Å². The number of fused-ring (bicyclic) bond motifs is 2. The Morgan fingerprint density at radius 3 is 1.34 bits per heavy atom. The van der Waals surface area contributed by atoms with Gasteiger partial charge in [-0.2, -0.15) is 0 Å². The van der Waals surface area contributed by atoms with Crippen LogP contribution in [0.25, 0.3) is 43.8 Å². The molecule has 0 unspecified atom stereocenters. The van der Waals surface area contributed by atoms with E-state index >= 15 is 0 Å². The Kier molecular flexibility index (Phi) is 5.09. The molecule has 5 rings (SSSR count). The van der Waals surface area contributed by atoms with Crippen LogP contribution in [0.2, 0.25) is 0 Å². The maximum Gasteiger partial charge on any atom is 0.113 e. The van der Waals surface area contributed by atoms with Gasteiger partial charge < -0.3 is 0 Å². The van der Waals surface area contributed by atoms with E-state index in [0.29, 0.717) is 16.5 Å². The molecular weight excluding hydrogens is 378 g/mol. The fraction of sp³-hybridized carbons (Fsp3) is 0.0370. The largest absolute Gasteiger partial charge is 0.113 e. The number of hydrogen-bond acceptors (Lipinski definition) is 0. The normalized spacial score (nSPS) is 11.3. The Morgan fingerprint density at radius 1 is 0.438 bits per heavy atom. The van der Waals surface area contributed by atoms with Gasteiger partial charge in [0.25, 0.3) is 0 Å². The number of hydrogen-bond donors (Lipinski definition) is 0. The molecule has 5 aromatic carbocycles. The number of rotatable bonds is 2. The Morgan fingerprint density at radius 2 is 0.844 bits per heavy atom. The van der Waals surface area contributed by atoms with E-state index in [0.717, 1.165) is 16.7 Å². The number of benzene rings is 5. The minimum Gasteiger partial charge on any atom is -0.112 e. The lowest BCUT2D eigenvalue weighted by atomic mass is 9.59. The molecule has 5 heteroatoms. The third-order valence-electron chi connectivity index (χ3n) is 6.34. The molecule has 5 aromatic rings. The highest BCUT2D eigenvalue weighted by molar-refractivity contribution is 6.68. The molecule has 0 aliphatic heterocycles. The summed E-state index contributed by atoms with van der Waals surface area (Å²) < 4.78 is 0. The summed E-state index contributed by atoms with van der Waals surface area (Å²) in [5.41, 5.74) is 6.34. The molecule has 0 nitrogen and oxygen atoms in total. The van der Waals surface area contributed by atoms with E-state index in [1.54, 1.807) is 0 Å². The molecular formula is C27H15B5. The second kappa shape index (κ2) is 7.82. The lowest BCUT2D eigenvalue weighted by Crippen LogP contribution is -2.55. The van der Waals surface area contributed by atoms with Gasteiger partial charge in [-0.15, -0.1) is 16.4 Å². The summed E-state index contributed by atoms with van der Waals surface area (Å²) in [7, 11) is 30.9. The topological polar surface area (TPSA) is 0 Å². The average Bonchev–Trinajstić information content (AvgIpc) is 2.82. The quantitative estimate of drug-likeness (QED) is 0.316. The molecule has 0 bridgehead atoms. The van der Waals surface area contributed by atoms with Gasteiger partial charge in [0.1, 0.15) is 39.2 Å². The van der Waals surface area contributed by atoms with Crippen LogP contribution in [0.4, 0.5) is 0 Å². The Hall–Kier alpha value is -3.06. The maximum atomic E-state index is 6.33. The van der Waals surface area contributed by atoms with Crippen molar-refractivity contribution in [3.63, 3.8) is 0 Å². The highest BCUT2D eigenvalue weighted by atomic mass is 14.2. The first kappa shape index (κ1) is 20.8. The van der Waals surface area contributed by atoms with Crippen molar-refractivity contribution in [3.8, 4) is 22.3 Å². The van der Waals surface area contributed by atoms with E-state index in [9.17, 15) is 0 Å². The minimum absolute atomic E-state index is 0.218. The highest BCUT2D eigenvalue weighted by Gasteiger charge is 2.16. The van der Waals surface area contributed by atoms with Crippen LogP contribution in [-0.4, -0.2) is 39.2 Å². The molecule has 0 aromatic heterocycles. The van der Waals surface area contributed by atoms with Crippen molar-refractivity contribution in [2.24, 2.45) is 0 Å². The Balaban J connectivity index is 1.85. The first-order chi connectivity index (χ1) is 15.4. The van der Waals surface area contributed by atoms with Crippen LogP contribution in [0.5, 0.6) is 0 Å². The molecule has 0 amide bonds. The van der Waals surface area contributed by atoms with Crippen molar-refractivity contribution in [2.75, 3.05) is 0 Å². The van der Waals surface area contributed by atoms with Crippen LogP contribution < -0.4 is 27.3 Å². The van der Waals surface area contributed by atoms with Gasteiger partial charge >= 0.3 is 0 Å². The molecule has 0 saturated carbocycles. The van der Waals surface area contributed by atoms with Crippen LogP contribution in [-0.2, 0) is 0 Å². The lowest BCUT2D eigenvalue weighted by Gasteiger charge is -2.22. The van der Waals surface area contributed by atoms with Crippen molar-refractivity contribution in [1.29, 1.82) is 0 Å². The van der Waals surface area contributed by atoms with Gasteiger partial charge in [0.2, 0.25) is 0 Å². The Labute approximate surface area is 195 Å². The second-order valence-electron chi connectivity index (χ2n) is 8.12. The monoisotopic (exact) mass is 394 g/mol. The maximum absolute atomic E-state index is 6.33. The summed E-state index contributed by atoms with van der Waals surface area (Å²) >= 11 is 0. The first-order valence-electron chi connectivity index (χ1n) is 10.4. The van der Waals surface area contributed by atoms with Crippen LogP contribution in [0.15, 0.2) is 72.8 Å². The average molecular weight is 393 g/mol. The van der Waals surface area contributed by atoms with E-state index in [-0.39, 0.29) is 16.4 Å². The van der Waals surface area contributed by atoms with Gasteiger partial charge in [-0.1, -0.05) is 77.7 Å². The SMILES string of the molecule is [B]c1c([B])c([B])c(-c2cccc(-c3c4ccccc4c(C)c4ccccc34)c2)c([B])c1[B]. The summed E-state index contributed by atoms with van der Waals surface area (Å²) in [5, 5.41) is 4.84. The summed E-state index contributed by atoms with van der Waals surface area (Å²) in [6.07, 6.45) is 0. The van der Waals surface area contributed by atoms with Gasteiger partial charge in [0, 0.05) is 0 Å². The molecule has 0 aliphatic rings. The zero-order valence-corrected chi connectivity index (χ0v) is 17.8. The van der Waals surface area contributed by atoms with Crippen LogP contribution in [0.1, 0.15) is 5.56 Å². The molecule has 138 valence electrons. The fourth-order valence-corrected chi connectivity index (χ4v) is 4.65. The third kappa shape index (κ3) is 3.06. The molecule has 10 radical (unpaired) electrons. The van der Waals surface area contributed by atoms with Crippen LogP contribution >= 0.6 is 0 Å². The van der Waals surface area contributed by atoms with Gasteiger partial charge in [0.05, 0.1) is 0 Å². The van der Waals surface area contributed by atoms with Crippen molar-refractivity contribution < 1.29 is 0 Å². The Bertz CT molecular complexity index is 1450. The predicted octanol–water partition coefficient (Wildman–Crippen LogP) is 1.60. The van der Waals surface area contributed by atoms with E-state index in [4.69, 9.17) is 39.2 Å². The first-order valence-corrected chi connectivity index (χ1v) is 10.4. The van der Waals surface area contributed by atoms with E-state index in [1.807, 2.05) is 12.1 Å². The molecule has 32 heavy (non-hydrogen) atoms. The number of aryl methyl sites for hydroxylation is 1. The molecule has 0 fully saturated rings. The van der Waals surface area contributed by atoms with Gasteiger partial charge in [-0.3, -0.25) is 0 Å². The standard InChI is InChI=1S/C27H15B5/c1-14-17-9-2-4-11-19(17)21(20-12-5-3-10-18(14)20)15-7-6-8-16(13-15)22-23(28)25(30)27(32)26(31)24(22)29/h2-13H,1H3. The molecule has 0 N–H and O–H groups in total. The minimum atomic E-state index is 0.218. The van der Waals surface area contributed by atoms with E-state index in [1.165, 1.54) is 27.1 Å². The van der Waals surface area contributed by atoms with Crippen molar-refractivity contribution in [3.05, 3.63) is 78.4 Å². The molecule has 0 atom stereocenters. The van der Waals surface area contributed by atoms with Gasteiger partial charge in [-0.25, -0.2) is 0 Å². The fourth-order valence-electron chi connectivity index (χ4n) is 4.65. The zero-order valence-electron chi connectivity index (χ0n) is 17.8. The highest BCUT2D eigenvalue weighted by Crippen LogP contribution is 2.39. The molecule has 0 saturated heterocycles. The molecule has 0 aliphatic carbocycles. The summed E-state index contributed by atoms with van der Waals surface area (Å²) in [5.74, 6) is 0. The smallest absolute Gasteiger partial charge is 0.112 e. The lowest BCUT2D eigenvalue weighted by molar-refractivity contribution is 1.57. The predicted molar refractivity (Wildman–Crippen MR) is 144 cm³/mol. The summed E-state index contributed by atoms with van der Waals surface area (Å²) in [6, 6.07) is 25.1. The van der Waals surface area contributed by atoms with Crippen LogP contribution in [0, 0.1) is 6.92 Å². The van der Waals surface area contributed by atoms with Crippen molar-refractivity contribution in [1.82, 2.24) is 0 Å². The summed E-state index contributed by atoms with van der Waals surface area (Å²) in [6.45, 7) is 2.17. The zero-order chi connectivity index (χ0) is 22.6.